The summed E-state index contributed by atoms with van der Waals surface area (Å²) in [5.41, 5.74) is 0.948. The maximum atomic E-state index is 11.6. The number of carboxylic acids is 1. The summed E-state index contributed by atoms with van der Waals surface area (Å²) in [6.45, 7) is 2.18. The molecule has 1 saturated carbocycles. The molecule has 0 radical (unpaired) electrons. The number of hydrogen-bond acceptors (Lipinski definition) is 3. The third-order valence-electron chi connectivity index (χ3n) is 4.35. The third-order valence-corrected chi connectivity index (χ3v) is 5.10. The Morgan fingerprint density at radius 3 is 2.57 bits per heavy atom. The minimum atomic E-state index is -0.721. The molecule has 3 atom stereocenters. The molecule has 116 valence electrons. The van der Waals surface area contributed by atoms with E-state index in [0.29, 0.717) is 23.8 Å². The number of hydrogen-bond donors (Lipinski definition) is 1. The van der Waals surface area contributed by atoms with Gasteiger partial charge in [-0.1, -0.05) is 13.0 Å². The van der Waals surface area contributed by atoms with Crippen LogP contribution in [-0.2, 0) is 4.79 Å². The molecular weight excluding hydrogens is 336 g/mol. The number of carboxylic acid groups (broad SMARTS) is 1. The Morgan fingerprint density at radius 2 is 2.00 bits per heavy atom. The van der Waals surface area contributed by atoms with Gasteiger partial charge in [0.15, 0.2) is 0 Å². The molecule has 0 amide bonds. The van der Waals surface area contributed by atoms with Crippen molar-refractivity contribution in [3.05, 3.63) is 22.2 Å². The van der Waals surface area contributed by atoms with E-state index in [1.807, 2.05) is 12.1 Å². The molecule has 3 unspecified atom stereocenters. The highest BCUT2D eigenvalue weighted by Gasteiger charge is 2.36. The first-order valence-corrected chi connectivity index (χ1v) is 7.92. The van der Waals surface area contributed by atoms with Crippen LogP contribution in [0.3, 0.4) is 0 Å². The lowest BCUT2D eigenvalue weighted by atomic mass is 9.71. The Kier molecular flexibility index (Phi) is 5.14. The SMILES string of the molecule is COc1ccc(C2CC(C)CCC2C(=O)O)c(OC)c1Br. The van der Waals surface area contributed by atoms with Gasteiger partial charge >= 0.3 is 5.97 Å². The zero-order chi connectivity index (χ0) is 15.6. The molecule has 0 spiro atoms. The van der Waals surface area contributed by atoms with Crippen LogP contribution < -0.4 is 9.47 Å². The molecule has 0 heterocycles. The lowest BCUT2D eigenvalue weighted by molar-refractivity contribution is -0.143. The van der Waals surface area contributed by atoms with Crippen molar-refractivity contribution in [3.8, 4) is 11.5 Å². The summed E-state index contributed by atoms with van der Waals surface area (Å²) < 4.78 is 11.5. The summed E-state index contributed by atoms with van der Waals surface area (Å²) >= 11 is 3.49. The van der Waals surface area contributed by atoms with Gasteiger partial charge in [0.05, 0.1) is 20.1 Å². The number of halogens is 1. The predicted molar refractivity (Wildman–Crippen MR) is 84.1 cm³/mol. The average molecular weight is 357 g/mol. The van der Waals surface area contributed by atoms with E-state index in [4.69, 9.17) is 9.47 Å². The molecule has 0 saturated heterocycles. The van der Waals surface area contributed by atoms with E-state index in [2.05, 4.69) is 22.9 Å². The standard InChI is InChI=1S/C16H21BrO4/c1-9-4-5-11(16(18)19)12(8-9)10-6-7-13(20-2)14(17)15(10)21-3/h6-7,9,11-12H,4-5,8H2,1-3H3,(H,18,19). The van der Waals surface area contributed by atoms with E-state index >= 15 is 0 Å². The third kappa shape index (κ3) is 3.18. The zero-order valence-corrected chi connectivity index (χ0v) is 14.1. The number of benzene rings is 1. The van der Waals surface area contributed by atoms with Crippen molar-refractivity contribution in [3.63, 3.8) is 0 Å². The summed E-state index contributed by atoms with van der Waals surface area (Å²) in [6.07, 6.45) is 2.55. The van der Waals surface area contributed by atoms with Gasteiger partial charge in [-0.15, -0.1) is 0 Å². The second kappa shape index (κ2) is 6.69. The molecule has 4 nitrogen and oxygen atoms in total. The highest BCUT2D eigenvalue weighted by atomic mass is 79.9. The maximum absolute atomic E-state index is 11.6. The van der Waals surface area contributed by atoms with Crippen molar-refractivity contribution in [2.45, 2.75) is 32.1 Å². The van der Waals surface area contributed by atoms with Crippen LogP contribution in [0.1, 0.15) is 37.7 Å². The second-order valence-electron chi connectivity index (χ2n) is 5.67. The minimum absolute atomic E-state index is 0.0246. The van der Waals surface area contributed by atoms with Crippen LogP contribution >= 0.6 is 15.9 Å². The number of ether oxygens (including phenoxy) is 2. The van der Waals surface area contributed by atoms with Crippen LogP contribution in [0.15, 0.2) is 16.6 Å². The van der Waals surface area contributed by atoms with E-state index in [9.17, 15) is 9.90 Å². The molecule has 0 bridgehead atoms. The average Bonchev–Trinajstić information content (AvgIpc) is 2.46. The lowest BCUT2D eigenvalue weighted by Gasteiger charge is -2.33. The quantitative estimate of drug-likeness (QED) is 0.883. The zero-order valence-electron chi connectivity index (χ0n) is 12.6. The highest BCUT2D eigenvalue weighted by molar-refractivity contribution is 9.10. The fourth-order valence-corrected chi connectivity index (χ4v) is 3.92. The van der Waals surface area contributed by atoms with Gasteiger partial charge in [0, 0.05) is 5.92 Å². The van der Waals surface area contributed by atoms with Crippen LogP contribution in [0.25, 0.3) is 0 Å². The van der Waals surface area contributed by atoms with E-state index in [-0.39, 0.29) is 11.8 Å². The number of aliphatic carboxylic acids is 1. The topological polar surface area (TPSA) is 55.8 Å². The summed E-state index contributed by atoms with van der Waals surface area (Å²) in [7, 11) is 3.20. The van der Waals surface area contributed by atoms with Gasteiger partial charge < -0.3 is 14.6 Å². The van der Waals surface area contributed by atoms with Crippen molar-refractivity contribution in [2.75, 3.05) is 14.2 Å². The fraction of sp³-hybridized carbons (Fsp3) is 0.562. The Bertz CT molecular complexity index is 529. The Hall–Kier alpha value is -1.23. The summed E-state index contributed by atoms with van der Waals surface area (Å²) in [6, 6.07) is 3.79. The van der Waals surface area contributed by atoms with E-state index in [1.165, 1.54) is 0 Å². The van der Waals surface area contributed by atoms with Gasteiger partial charge in [-0.3, -0.25) is 4.79 Å². The smallest absolute Gasteiger partial charge is 0.307 e. The fourth-order valence-electron chi connectivity index (χ4n) is 3.23. The van der Waals surface area contributed by atoms with Gasteiger partial charge in [-0.05, 0) is 52.7 Å². The Labute approximate surface area is 133 Å². The maximum Gasteiger partial charge on any atom is 0.307 e. The van der Waals surface area contributed by atoms with Crippen LogP contribution in [-0.4, -0.2) is 25.3 Å². The monoisotopic (exact) mass is 356 g/mol. The Morgan fingerprint density at radius 1 is 1.29 bits per heavy atom. The second-order valence-corrected chi connectivity index (χ2v) is 6.47. The minimum Gasteiger partial charge on any atom is -0.495 e. The van der Waals surface area contributed by atoms with Crippen LogP contribution in [0.2, 0.25) is 0 Å². The molecule has 1 aliphatic rings. The summed E-state index contributed by atoms with van der Waals surface area (Å²) in [5, 5.41) is 9.51. The first-order valence-electron chi connectivity index (χ1n) is 7.12. The molecule has 21 heavy (non-hydrogen) atoms. The molecule has 2 rings (SSSR count). The van der Waals surface area contributed by atoms with Crippen LogP contribution in [0.5, 0.6) is 11.5 Å². The van der Waals surface area contributed by atoms with Crippen LogP contribution in [0.4, 0.5) is 0 Å². The predicted octanol–water partition coefficient (Wildman–Crippen LogP) is 4.07. The molecule has 1 aliphatic carbocycles. The normalized spacial score (nSPS) is 25.4. The largest absolute Gasteiger partial charge is 0.495 e. The van der Waals surface area contributed by atoms with Crippen molar-refractivity contribution < 1.29 is 19.4 Å². The molecule has 0 aromatic heterocycles. The number of rotatable bonds is 4. The van der Waals surface area contributed by atoms with E-state index in [0.717, 1.165) is 22.9 Å². The van der Waals surface area contributed by atoms with Crippen molar-refractivity contribution in [1.29, 1.82) is 0 Å². The summed E-state index contributed by atoms with van der Waals surface area (Å²) in [5.74, 6) is 0.793. The lowest BCUT2D eigenvalue weighted by Crippen LogP contribution is -2.28. The molecule has 1 aromatic rings. The van der Waals surface area contributed by atoms with Crippen molar-refractivity contribution >= 4 is 21.9 Å². The molecule has 1 aromatic carbocycles. The molecule has 0 aliphatic heterocycles. The number of methoxy groups -OCH3 is 2. The van der Waals surface area contributed by atoms with E-state index in [1.54, 1.807) is 14.2 Å². The Balaban J connectivity index is 2.47. The van der Waals surface area contributed by atoms with Gasteiger partial charge in [-0.2, -0.15) is 0 Å². The van der Waals surface area contributed by atoms with Crippen LogP contribution in [0, 0.1) is 11.8 Å². The number of carbonyl (C=O) groups is 1. The highest BCUT2D eigenvalue weighted by Crippen LogP contribution is 2.47. The molecule has 1 fully saturated rings. The molecular formula is C16H21BrO4. The van der Waals surface area contributed by atoms with Gasteiger partial charge in [0.2, 0.25) is 0 Å². The van der Waals surface area contributed by atoms with Gasteiger partial charge in [0.25, 0.3) is 0 Å². The van der Waals surface area contributed by atoms with Crippen molar-refractivity contribution in [1.82, 2.24) is 0 Å². The van der Waals surface area contributed by atoms with Gasteiger partial charge in [0.1, 0.15) is 16.0 Å². The first kappa shape index (κ1) is 16.1. The van der Waals surface area contributed by atoms with E-state index < -0.39 is 5.97 Å². The van der Waals surface area contributed by atoms with Gasteiger partial charge in [-0.25, -0.2) is 0 Å². The molecule has 5 heteroatoms. The summed E-state index contributed by atoms with van der Waals surface area (Å²) in [4.78, 5) is 11.6. The molecule has 1 N–H and O–H groups in total. The van der Waals surface area contributed by atoms with Crippen molar-refractivity contribution in [2.24, 2.45) is 11.8 Å². The first-order chi connectivity index (χ1) is 9.99.